The molecule has 0 spiro atoms. The largest absolute Gasteiger partial charge is 0.392 e. The molecule has 5 heteroatoms. The van der Waals surface area contributed by atoms with Crippen LogP contribution in [0.25, 0.3) is 0 Å². The maximum absolute atomic E-state index is 11.0. The number of nitrogens with one attached hydrogen (secondary N) is 1. The van der Waals surface area contributed by atoms with Crippen LogP contribution in [0.5, 0.6) is 0 Å². The molecule has 0 radical (unpaired) electrons. The van der Waals surface area contributed by atoms with Gasteiger partial charge in [-0.05, 0) is 6.92 Å². The monoisotopic (exact) mass is 187 g/mol. The lowest BCUT2D eigenvalue weighted by atomic mass is 10.1. The molecular weight excluding hydrogens is 170 g/mol. The first-order valence-corrected chi connectivity index (χ1v) is 4.53. The van der Waals surface area contributed by atoms with Crippen molar-refractivity contribution in [3.05, 3.63) is 0 Å². The van der Waals surface area contributed by atoms with E-state index in [1.807, 2.05) is 4.90 Å². The first-order valence-electron chi connectivity index (χ1n) is 4.53. The van der Waals surface area contributed by atoms with E-state index >= 15 is 0 Å². The van der Waals surface area contributed by atoms with Crippen LogP contribution in [-0.4, -0.2) is 54.2 Å². The Balaban J connectivity index is 2.51. The normalized spacial score (nSPS) is 27.1. The van der Waals surface area contributed by atoms with E-state index in [9.17, 15) is 9.90 Å². The molecule has 1 aliphatic heterocycles. The predicted octanol–water partition coefficient (Wildman–Crippen LogP) is -1.87. The van der Waals surface area contributed by atoms with Gasteiger partial charge in [-0.15, -0.1) is 0 Å². The van der Waals surface area contributed by atoms with Gasteiger partial charge in [0.1, 0.15) is 6.04 Å². The summed E-state index contributed by atoms with van der Waals surface area (Å²) in [4.78, 5) is 12.9. The average Bonchev–Trinajstić information content (AvgIpc) is 2.03. The fourth-order valence-corrected chi connectivity index (χ4v) is 1.58. The molecule has 2 unspecified atom stereocenters. The second kappa shape index (κ2) is 4.55. The molecule has 1 saturated heterocycles. The Morgan fingerprint density at radius 1 is 1.85 bits per heavy atom. The molecule has 4 N–H and O–H groups in total. The standard InChI is InChI=1S/C8H17N3O2/c1-6(12)5-11-3-2-10-4-7(11)8(9)13/h6-7,10,12H,2-5H2,1H3,(H2,9,13). The molecule has 0 aliphatic carbocycles. The third-order valence-electron chi connectivity index (χ3n) is 2.18. The van der Waals surface area contributed by atoms with Crippen molar-refractivity contribution in [2.45, 2.75) is 19.1 Å². The Bertz CT molecular complexity index is 184. The minimum atomic E-state index is -0.417. The van der Waals surface area contributed by atoms with Crippen molar-refractivity contribution in [1.82, 2.24) is 10.2 Å². The molecule has 0 bridgehead atoms. The average molecular weight is 187 g/mol. The number of carbonyl (C=O) groups excluding carboxylic acids is 1. The van der Waals surface area contributed by atoms with E-state index in [4.69, 9.17) is 5.73 Å². The quantitative estimate of drug-likeness (QED) is 0.483. The Kier molecular flexibility index (Phi) is 3.65. The molecule has 1 aliphatic rings. The van der Waals surface area contributed by atoms with Crippen LogP contribution in [0.3, 0.4) is 0 Å². The lowest BCUT2D eigenvalue weighted by Gasteiger charge is -2.34. The molecule has 0 saturated carbocycles. The van der Waals surface area contributed by atoms with Crippen LogP contribution in [0.1, 0.15) is 6.92 Å². The van der Waals surface area contributed by atoms with Crippen molar-refractivity contribution in [2.75, 3.05) is 26.2 Å². The first-order chi connectivity index (χ1) is 6.11. The predicted molar refractivity (Wildman–Crippen MR) is 49.1 cm³/mol. The lowest BCUT2D eigenvalue weighted by molar-refractivity contribution is -0.124. The number of aliphatic hydroxyl groups is 1. The van der Waals surface area contributed by atoms with Crippen molar-refractivity contribution >= 4 is 5.91 Å². The zero-order valence-corrected chi connectivity index (χ0v) is 7.86. The minimum Gasteiger partial charge on any atom is -0.392 e. The number of aliphatic hydroxyl groups excluding tert-OH is 1. The highest BCUT2D eigenvalue weighted by Crippen LogP contribution is 2.03. The van der Waals surface area contributed by atoms with Gasteiger partial charge in [-0.1, -0.05) is 0 Å². The van der Waals surface area contributed by atoms with Gasteiger partial charge in [-0.25, -0.2) is 0 Å². The number of amides is 1. The fourth-order valence-electron chi connectivity index (χ4n) is 1.58. The maximum atomic E-state index is 11.0. The molecule has 2 atom stereocenters. The molecule has 0 aromatic rings. The van der Waals surface area contributed by atoms with Crippen LogP contribution in [0.2, 0.25) is 0 Å². The number of primary amides is 1. The van der Waals surface area contributed by atoms with Crippen molar-refractivity contribution in [3.8, 4) is 0 Å². The number of carbonyl (C=O) groups is 1. The number of β-amino-alcohol motifs (C(OH)–C–C–N with tert-alkyl or cyclic N) is 1. The maximum Gasteiger partial charge on any atom is 0.236 e. The van der Waals surface area contributed by atoms with Crippen LogP contribution in [0.4, 0.5) is 0 Å². The fraction of sp³-hybridized carbons (Fsp3) is 0.875. The zero-order valence-electron chi connectivity index (χ0n) is 7.86. The van der Waals surface area contributed by atoms with E-state index in [0.717, 1.165) is 13.1 Å². The van der Waals surface area contributed by atoms with E-state index in [2.05, 4.69) is 5.32 Å². The second-order valence-electron chi connectivity index (χ2n) is 3.47. The number of piperazine rings is 1. The zero-order chi connectivity index (χ0) is 9.84. The van der Waals surface area contributed by atoms with Crippen molar-refractivity contribution in [3.63, 3.8) is 0 Å². The number of hydrogen-bond acceptors (Lipinski definition) is 4. The van der Waals surface area contributed by atoms with Crippen LogP contribution >= 0.6 is 0 Å². The number of nitrogens with two attached hydrogens (primary N) is 1. The van der Waals surface area contributed by atoms with E-state index in [0.29, 0.717) is 13.1 Å². The summed E-state index contributed by atoms with van der Waals surface area (Å²) >= 11 is 0. The van der Waals surface area contributed by atoms with Crippen molar-refractivity contribution < 1.29 is 9.90 Å². The van der Waals surface area contributed by atoms with Gasteiger partial charge in [0.25, 0.3) is 0 Å². The molecule has 1 fully saturated rings. The van der Waals surface area contributed by atoms with E-state index in [-0.39, 0.29) is 11.9 Å². The van der Waals surface area contributed by atoms with Gasteiger partial charge in [0, 0.05) is 26.2 Å². The van der Waals surface area contributed by atoms with Gasteiger partial charge >= 0.3 is 0 Å². The second-order valence-corrected chi connectivity index (χ2v) is 3.47. The van der Waals surface area contributed by atoms with Gasteiger partial charge in [0.15, 0.2) is 0 Å². The molecule has 13 heavy (non-hydrogen) atoms. The summed E-state index contributed by atoms with van der Waals surface area (Å²) in [5, 5.41) is 12.3. The van der Waals surface area contributed by atoms with Gasteiger partial charge in [-0.2, -0.15) is 0 Å². The summed E-state index contributed by atoms with van der Waals surface area (Å²) in [5.41, 5.74) is 5.23. The van der Waals surface area contributed by atoms with E-state index in [1.165, 1.54) is 0 Å². The summed E-state index contributed by atoms with van der Waals surface area (Å²) < 4.78 is 0. The van der Waals surface area contributed by atoms with Crippen molar-refractivity contribution in [2.24, 2.45) is 5.73 Å². The van der Waals surface area contributed by atoms with Crippen LogP contribution in [0.15, 0.2) is 0 Å². The SMILES string of the molecule is CC(O)CN1CCNCC1C(N)=O. The molecule has 1 heterocycles. The molecule has 76 valence electrons. The third-order valence-corrected chi connectivity index (χ3v) is 2.18. The summed E-state index contributed by atoms with van der Waals surface area (Å²) in [5.74, 6) is -0.326. The van der Waals surface area contributed by atoms with Gasteiger partial charge in [0.05, 0.1) is 6.10 Å². The molecular formula is C8H17N3O2. The molecule has 5 nitrogen and oxygen atoms in total. The Morgan fingerprint density at radius 2 is 2.54 bits per heavy atom. The third kappa shape index (κ3) is 2.95. The van der Waals surface area contributed by atoms with E-state index in [1.54, 1.807) is 6.92 Å². The summed E-state index contributed by atoms with van der Waals surface area (Å²) in [6.07, 6.45) is -0.417. The minimum absolute atomic E-state index is 0.275. The highest BCUT2D eigenvalue weighted by atomic mass is 16.3. The van der Waals surface area contributed by atoms with Gasteiger partial charge < -0.3 is 16.2 Å². The molecule has 0 aromatic carbocycles. The van der Waals surface area contributed by atoms with Gasteiger partial charge in [0.2, 0.25) is 5.91 Å². The first kappa shape index (κ1) is 10.4. The summed E-state index contributed by atoms with van der Waals surface area (Å²) in [6, 6.07) is -0.275. The number of nitrogens with zero attached hydrogens (tertiary/aromatic N) is 1. The molecule has 0 aromatic heterocycles. The highest BCUT2D eigenvalue weighted by Gasteiger charge is 2.26. The van der Waals surface area contributed by atoms with Crippen molar-refractivity contribution in [1.29, 1.82) is 0 Å². The van der Waals surface area contributed by atoms with Crippen LogP contribution in [-0.2, 0) is 4.79 Å². The number of rotatable bonds is 3. The highest BCUT2D eigenvalue weighted by molar-refractivity contribution is 5.80. The smallest absolute Gasteiger partial charge is 0.236 e. The van der Waals surface area contributed by atoms with Gasteiger partial charge in [-0.3, -0.25) is 9.69 Å². The lowest BCUT2D eigenvalue weighted by Crippen LogP contribution is -2.58. The molecule has 1 rings (SSSR count). The summed E-state index contributed by atoms with van der Waals surface area (Å²) in [7, 11) is 0. The Morgan fingerprint density at radius 3 is 3.08 bits per heavy atom. The Labute approximate surface area is 77.9 Å². The topological polar surface area (TPSA) is 78.6 Å². The van der Waals surface area contributed by atoms with Crippen LogP contribution in [0, 0.1) is 0 Å². The number of hydrogen-bond donors (Lipinski definition) is 3. The van der Waals surface area contributed by atoms with E-state index < -0.39 is 6.10 Å². The van der Waals surface area contributed by atoms with Crippen LogP contribution < -0.4 is 11.1 Å². The Hall–Kier alpha value is -0.650. The summed E-state index contributed by atoms with van der Waals surface area (Å²) in [6.45, 7) is 4.41. The molecule has 1 amide bonds.